The van der Waals surface area contributed by atoms with Crippen molar-refractivity contribution in [1.29, 1.82) is 0 Å². The highest BCUT2D eigenvalue weighted by atomic mass is 32.1. The van der Waals surface area contributed by atoms with E-state index in [1.54, 1.807) is 6.07 Å². The number of aromatic amines is 1. The van der Waals surface area contributed by atoms with E-state index in [-0.39, 0.29) is 36.4 Å². The maximum Gasteiger partial charge on any atom is 0.326 e. The average Bonchev–Trinajstić information content (AvgIpc) is 3.15. The number of carboxylic acid groups (broad SMARTS) is 1. The number of rotatable bonds is 6. The lowest BCUT2D eigenvalue weighted by molar-refractivity contribution is -0.150. The smallest absolute Gasteiger partial charge is 0.326 e. The van der Waals surface area contributed by atoms with E-state index in [4.69, 9.17) is 5.73 Å². The topological polar surface area (TPSA) is 162 Å². The van der Waals surface area contributed by atoms with Gasteiger partial charge in [-0.15, -0.1) is 11.3 Å². The largest absolute Gasteiger partial charge is 0.480 e. The van der Waals surface area contributed by atoms with E-state index >= 15 is 0 Å². The Labute approximate surface area is 175 Å². The summed E-state index contributed by atoms with van der Waals surface area (Å²) in [6.07, 6.45) is 2.44. The summed E-state index contributed by atoms with van der Waals surface area (Å²) in [6.45, 7) is 0.440. The van der Waals surface area contributed by atoms with Crippen LogP contribution in [-0.2, 0) is 17.6 Å². The van der Waals surface area contributed by atoms with Crippen LogP contribution in [0.15, 0.2) is 16.9 Å². The van der Waals surface area contributed by atoms with Crippen LogP contribution in [0.5, 0.6) is 0 Å². The molecule has 160 valence electrons. The Morgan fingerprint density at radius 3 is 2.90 bits per heavy atom. The summed E-state index contributed by atoms with van der Waals surface area (Å²) in [5.74, 6) is -0.530. The van der Waals surface area contributed by atoms with Gasteiger partial charge in [0.05, 0.1) is 23.1 Å². The van der Waals surface area contributed by atoms with E-state index < -0.39 is 18.1 Å². The molecule has 1 fully saturated rings. The highest BCUT2D eigenvalue weighted by Crippen LogP contribution is 2.31. The normalized spacial score (nSPS) is 22.7. The molecule has 3 atom stereocenters. The maximum atomic E-state index is 12.7. The fourth-order valence-electron chi connectivity index (χ4n) is 4.05. The first-order chi connectivity index (χ1) is 14.4. The molecule has 0 aliphatic carbocycles. The average molecular weight is 433 g/mol. The van der Waals surface area contributed by atoms with E-state index in [0.717, 1.165) is 17.7 Å². The summed E-state index contributed by atoms with van der Waals surface area (Å²) < 4.78 is 0. The van der Waals surface area contributed by atoms with Gasteiger partial charge in [-0.3, -0.25) is 14.6 Å². The standard InChI is InChI=1S/C19H23N5O5S/c20-19-22-15-12(16(26)23-19)5-9(7-21-15)1-2-11-3-4-14(30-11)17(27)24-10(8-25)6-13(24)18(28)29/h3-4,9-10,13,25H,1-2,5-8H2,(H,28,29)(H4,20,21,22,23,26)/t9?,10-,13+/m1/s1. The minimum absolute atomic E-state index is 0.0938. The first kappa shape index (κ1) is 20.4. The summed E-state index contributed by atoms with van der Waals surface area (Å²) in [4.78, 5) is 45.5. The number of aryl methyl sites for hydroxylation is 1. The predicted octanol–water partition coefficient (Wildman–Crippen LogP) is 0.291. The molecule has 10 nitrogen and oxygen atoms in total. The molecule has 0 radical (unpaired) electrons. The second-order valence-corrected chi connectivity index (χ2v) is 8.84. The van der Waals surface area contributed by atoms with Crippen LogP contribution >= 0.6 is 11.3 Å². The SMILES string of the molecule is Nc1nc2c(c(=O)[nH]1)CC(CCc1ccc(C(=O)N3[C@@H](CO)C[C@H]3C(=O)O)s1)CN2. The van der Waals surface area contributed by atoms with Crippen LogP contribution in [-0.4, -0.2) is 62.2 Å². The lowest BCUT2D eigenvalue weighted by atomic mass is 9.92. The molecule has 6 N–H and O–H groups in total. The number of amides is 1. The number of H-pyrrole nitrogens is 1. The van der Waals surface area contributed by atoms with Gasteiger partial charge in [-0.05, 0) is 37.3 Å². The number of carbonyl (C=O) groups excluding carboxylic acids is 1. The minimum Gasteiger partial charge on any atom is -0.480 e. The van der Waals surface area contributed by atoms with Gasteiger partial charge < -0.3 is 26.2 Å². The van der Waals surface area contributed by atoms with Crippen LogP contribution in [0.2, 0.25) is 0 Å². The first-order valence-corrected chi connectivity index (χ1v) is 10.6. The van der Waals surface area contributed by atoms with Crippen LogP contribution in [0.25, 0.3) is 0 Å². The molecule has 2 aliphatic heterocycles. The number of anilines is 2. The Morgan fingerprint density at radius 2 is 2.17 bits per heavy atom. The van der Waals surface area contributed by atoms with E-state index in [9.17, 15) is 24.6 Å². The molecule has 30 heavy (non-hydrogen) atoms. The summed E-state index contributed by atoms with van der Waals surface area (Å²) in [5, 5.41) is 21.8. The van der Waals surface area contributed by atoms with Crippen molar-refractivity contribution < 1.29 is 19.8 Å². The molecule has 1 saturated heterocycles. The van der Waals surface area contributed by atoms with Crippen molar-refractivity contribution in [2.45, 2.75) is 37.8 Å². The van der Waals surface area contributed by atoms with Crippen LogP contribution < -0.4 is 16.6 Å². The lowest BCUT2D eigenvalue weighted by Gasteiger charge is -2.45. The summed E-state index contributed by atoms with van der Waals surface area (Å²) >= 11 is 1.34. The minimum atomic E-state index is -1.05. The molecule has 0 bridgehead atoms. The number of carboxylic acids is 1. The van der Waals surface area contributed by atoms with Gasteiger partial charge in [0.15, 0.2) is 0 Å². The number of likely N-dealkylation sites (tertiary alicyclic amines) is 1. The Morgan fingerprint density at radius 1 is 1.37 bits per heavy atom. The molecule has 0 saturated carbocycles. The lowest BCUT2D eigenvalue weighted by Crippen LogP contribution is -2.62. The van der Waals surface area contributed by atoms with E-state index in [1.807, 2.05) is 6.07 Å². The van der Waals surface area contributed by atoms with Crippen molar-refractivity contribution >= 4 is 35.0 Å². The zero-order valence-electron chi connectivity index (χ0n) is 16.1. The summed E-state index contributed by atoms with van der Waals surface area (Å²) in [7, 11) is 0. The number of nitrogen functional groups attached to an aromatic ring is 1. The van der Waals surface area contributed by atoms with Gasteiger partial charge in [-0.1, -0.05) is 0 Å². The number of nitrogens with two attached hydrogens (primary N) is 1. The molecule has 4 heterocycles. The van der Waals surface area contributed by atoms with Gasteiger partial charge in [0, 0.05) is 17.8 Å². The predicted molar refractivity (Wildman–Crippen MR) is 111 cm³/mol. The van der Waals surface area contributed by atoms with E-state index in [1.165, 1.54) is 16.2 Å². The summed E-state index contributed by atoms with van der Waals surface area (Å²) in [5.41, 5.74) is 5.96. The number of nitrogens with zero attached hydrogens (tertiary/aromatic N) is 2. The van der Waals surface area contributed by atoms with Gasteiger partial charge in [0.1, 0.15) is 11.9 Å². The summed E-state index contributed by atoms with van der Waals surface area (Å²) in [6, 6.07) is 2.26. The molecule has 2 aromatic heterocycles. The molecule has 4 rings (SSSR count). The number of carbonyl (C=O) groups is 2. The Kier molecular flexibility index (Phi) is 5.48. The van der Waals surface area contributed by atoms with Crippen molar-refractivity contribution in [3.8, 4) is 0 Å². The zero-order valence-corrected chi connectivity index (χ0v) is 16.9. The zero-order chi connectivity index (χ0) is 21.4. The fourth-order valence-corrected chi connectivity index (χ4v) is 5.02. The van der Waals surface area contributed by atoms with Gasteiger partial charge in [0.2, 0.25) is 5.95 Å². The van der Waals surface area contributed by atoms with Gasteiger partial charge in [-0.2, -0.15) is 4.98 Å². The number of hydrogen-bond donors (Lipinski definition) is 5. The Bertz CT molecular complexity index is 1030. The molecule has 11 heteroatoms. The number of aromatic nitrogens is 2. The molecular weight excluding hydrogens is 410 g/mol. The molecule has 1 amide bonds. The number of aliphatic hydroxyl groups is 1. The molecule has 0 aromatic carbocycles. The second-order valence-electron chi connectivity index (χ2n) is 7.67. The van der Waals surface area contributed by atoms with Gasteiger partial charge in [-0.25, -0.2) is 4.79 Å². The molecule has 2 aliphatic rings. The maximum absolute atomic E-state index is 12.7. The Hall–Kier alpha value is -2.92. The van der Waals surface area contributed by atoms with Crippen LogP contribution in [0, 0.1) is 5.92 Å². The molecule has 1 unspecified atom stereocenters. The number of aliphatic carboxylic acids is 1. The fraction of sp³-hybridized carbons (Fsp3) is 0.474. The van der Waals surface area contributed by atoms with Crippen molar-refractivity contribution in [3.63, 3.8) is 0 Å². The van der Waals surface area contributed by atoms with E-state index in [2.05, 4.69) is 15.3 Å². The Balaban J connectivity index is 1.38. The first-order valence-electron chi connectivity index (χ1n) is 9.75. The van der Waals surface area contributed by atoms with Crippen molar-refractivity contribution in [2.24, 2.45) is 5.92 Å². The van der Waals surface area contributed by atoms with Gasteiger partial charge >= 0.3 is 5.97 Å². The number of thiophene rings is 1. The van der Waals surface area contributed by atoms with Crippen LogP contribution in [0.3, 0.4) is 0 Å². The third-order valence-electron chi connectivity index (χ3n) is 5.71. The quantitative estimate of drug-likeness (QED) is 0.434. The third kappa shape index (κ3) is 3.77. The van der Waals surface area contributed by atoms with Crippen LogP contribution in [0.4, 0.5) is 11.8 Å². The second kappa shape index (κ2) is 8.07. The van der Waals surface area contributed by atoms with Crippen molar-refractivity contribution in [3.05, 3.63) is 37.8 Å². The van der Waals surface area contributed by atoms with Crippen molar-refractivity contribution in [2.75, 3.05) is 24.2 Å². The monoisotopic (exact) mass is 433 g/mol. The molecule has 0 spiro atoms. The number of aliphatic hydroxyl groups excluding tert-OH is 1. The third-order valence-corrected chi connectivity index (χ3v) is 6.84. The molecular formula is C19H23N5O5S. The number of fused-ring (bicyclic) bond motifs is 1. The van der Waals surface area contributed by atoms with Gasteiger partial charge in [0.25, 0.3) is 11.5 Å². The van der Waals surface area contributed by atoms with E-state index in [0.29, 0.717) is 29.2 Å². The van der Waals surface area contributed by atoms with Crippen molar-refractivity contribution in [1.82, 2.24) is 14.9 Å². The highest BCUT2D eigenvalue weighted by molar-refractivity contribution is 7.14. The van der Waals surface area contributed by atoms with Crippen LogP contribution in [0.1, 0.15) is 33.0 Å². The number of hydrogen-bond acceptors (Lipinski definition) is 8. The number of nitrogens with one attached hydrogen (secondary N) is 2. The molecule has 2 aromatic rings. The highest BCUT2D eigenvalue weighted by Gasteiger charge is 2.46.